The van der Waals surface area contributed by atoms with Gasteiger partial charge in [-0.3, -0.25) is 19.5 Å². The van der Waals surface area contributed by atoms with Crippen molar-refractivity contribution in [3.8, 4) is 0 Å². The SMILES string of the molecule is CCc1cc2ncc(CN3CCN(c4ccc(C(=O)NC)nc4C)C4CCC43)cc2[nH]c1=O. The number of aromatic nitrogens is 3. The third kappa shape index (κ3) is 3.88. The first-order chi connectivity index (χ1) is 16.0. The van der Waals surface area contributed by atoms with Gasteiger partial charge in [-0.25, -0.2) is 4.98 Å². The van der Waals surface area contributed by atoms with Crippen molar-refractivity contribution in [1.29, 1.82) is 0 Å². The molecule has 3 aromatic heterocycles. The van der Waals surface area contributed by atoms with E-state index in [4.69, 9.17) is 0 Å². The first-order valence-corrected chi connectivity index (χ1v) is 11.7. The van der Waals surface area contributed by atoms with E-state index in [0.29, 0.717) is 24.2 Å². The normalized spacial score (nSPS) is 20.4. The molecular weight excluding hydrogens is 416 g/mol. The Labute approximate surface area is 193 Å². The summed E-state index contributed by atoms with van der Waals surface area (Å²) in [5, 5.41) is 2.64. The third-order valence-corrected chi connectivity index (χ3v) is 7.12. The van der Waals surface area contributed by atoms with Gasteiger partial charge in [0.25, 0.3) is 11.5 Å². The summed E-state index contributed by atoms with van der Waals surface area (Å²) in [4.78, 5) is 41.3. The van der Waals surface area contributed by atoms with Crippen molar-refractivity contribution in [1.82, 2.24) is 25.2 Å². The molecule has 2 N–H and O–H groups in total. The van der Waals surface area contributed by atoms with Crippen molar-refractivity contribution in [3.63, 3.8) is 0 Å². The van der Waals surface area contributed by atoms with Gasteiger partial charge >= 0.3 is 0 Å². The van der Waals surface area contributed by atoms with Gasteiger partial charge in [0.15, 0.2) is 0 Å². The first kappa shape index (κ1) is 21.6. The molecule has 5 rings (SSSR count). The molecule has 0 radical (unpaired) electrons. The largest absolute Gasteiger partial charge is 0.364 e. The van der Waals surface area contributed by atoms with Gasteiger partial charge in [0.2, 0.25) is 0 Å². The molecule has 2 aliphatic rings. The van der Waals surface area contributed by atoms with E-state index in [0.717, 1.165) is 59.6 Å². The molecule has 8 heteroatoms. The number of amides is 1. The molecule has 1 amide bonds. The standard InChI is InChI=1S/C25H30N6O2/c1-4-17-12-19-20(29-24(17)32)11-16(13-27-19)14-30-9-10-31(23-8-7-22(23)30)21-6-5-18(25(33)26-3)28-15(21)2/h5-6,11-13,22-23H,4,7-10,14H2,1-3H3,(H,26,33)(H,29,32). The van der Waals surface area contributed by atoms with Gasteiger partial charge in [0.1, 0.15) is 5.69 Å². The van der Waals surface area contributed by atoms with E-state index < -0.39 is 0 Å². The molecule has 1 saturated carbocycles. The van der Waals surface area contributed by atoms with Crippen molar-refractivity contribution in [3.05, 3.63) is 63.3 Å². The summed E-state index contributed by atoms with van der Waals surface area (Å²) < 4.78 is 0. The fourth-order valence-corrected chi connectivity index (χ4v) is 5.18. The second-order valence-electron chi connectivity index (χ2n) is 9.01. The summed E-state index contributed by atoms with van der Waals surface area (Å²) in [5.74, 6) is -0.160. The highest BCUT2D eigenvalue weighted by atomic mass is 16.1. The predicted octanol–water partition coefficient (Wildman–Crippen LogP) is 2.40. The summed E-state index contributed by atoms with van der Waals surface area (Å²) in [6.07, 6.45) is 4.96. The second kappa shape index (κ2) is 8.59. The van der Waals surface area contributed by atoms with Crippen LogP contribution in [0.1, 0.15) is 47.1 Å². The van der Waals surface area contributed by atoms with Crippen LogP contribution in [-0.4, -0.2) is 58.0 Å². The summed E-state index contributed by atoms with van der Waals surface area (Å²) in [5.41, 5.74) is 5.97. The zero-order chi connectivity index (χ0) is 23.1. The Hall–Kier alpha value is -3.26. The lowest BCUT2D eigenvalue weighted by Gasteiger charge is -2.55. The van der Waals surface area contributed by atoms with E-state index in [1.807, 2.05) is 38.2 Å². The first-order valence-electron chi connectivity index (χ1n) is 11.7. The molecule has 0 spiro atoms. The highest BCUT2D eigenvalue weighted by molar-refractivity contribution is 5.92. The highest BCUT2D eigenvalue weighted by Gasteiger charge is 2.43. The number of carbonyl (C=O) groups is 1. The summed E-state index contributed by atoms with van der Waals surface area (Å²) in [6, 6.07) is 8.73. The van der Waals surface area contributed by atoms with Crippen LogP contribution in [0.4, 0.5) is 5.69 Å². The van der Waals surface area contributed by atoms with Crippen molar-refractivity contribution in [2.45, 2.75) is 51.7 Å². The molecule has 4 heterocycles. The number of pyridine rings is 3. The number of nitrogens with one attached hydrogen (secondary N) is 2. The van der Waals surface area contributed by atoms with Crippen LogP contribution in [0.2, 0.25) is 0 Å². The fourth-order valence-electron chi connectivity index (χ4n) is 5.18. The van der Waals surface area contributed by atoms with Gasteiger partial charge in [-0.1, -0.05) is 6.92 Å². The third-order valence-electron chi connectivity index (χ3n) is 7.12. The van der Waals surface area contributed by atoms with Crippen molar-refractivity contribution >= 4 is 22.6 Å². The number of anilines is 1. The van der Waals surface area contributed by atoms with Crippen LogP contribution in [0, 0.1) is 6.92 Å². The van der Waals surface area contributed by atoms with Crippen molar-refractivity contribution in [2.24, 2.45) is 0 Å². The summed E-state index contributed by atoms with van der Waals surface area (Å²) >= 11 is 0. The van der Waals surface area contributed by atoms with E-state index in [-0.39, 0.29) is 11.5 Å². The lowest BCUT2D eigenvalue weighted by atomic mass is 9.81. The number of rotatable bonds is 5. The lowest BCUT2D eigenvalue weighted by Crippen LogP contribution is -2.64. The van der Waals surface area contributed by atoms with E-state index in [2.05, 4.69) is 36.1 Å². The minimum Gasteiger partial charge on any atom is -0.364 e. The van der Waals surface area contributed by atoms with Crippen LogP contribution in [0.25, 0.3) is 11.0 Å². The van der Waals surface area contributed by atoms with Crippen LogP contribution in [0.3, 0.4) is 0 Å². The number of piperazine rings is 1. The number of aryl methyl sites for hydroxylation is 2. The molecule has 2 fully saturated rings. The van der Waals surface area contributed by atoms with E-state index in [1.54, 1.807) is 7.05 Å². The Kier molecular flexibility index (Phi) is 5.62. The van der Waals surface area contributed by atoms with Gasteiger partial charge in [-0.2, -0.15) is 0 Å². The molecule has 172 valence electrons. The van der Waals surface area contributed by atoms with Gasteiger partial charge < -0.3 is 15.2 Å². The minimum atomic E-state index is -0.160. The van der Waals surface area contributed by atoms with Crippen LogP contribution in [0.5, 0.6) is 0 Å². The number of hydrogen-bond donors (Lipinski definition) is 2. The Balaban J connectivity index is 1.33. The van der Waals surface area contributed by atoms with Crippen molar-refractivity contribution < 1.29 is 4.79 Å². The van der Waals surface area contributed by atoms with Crippen LogP contribution < -0.4 is 15.8 Å². The van der Waals surface area contributed by atoms with Crippen LogP contribution >= 0.6 is 0 Å². The molecular formula is C25H30N6O2. The average molecular weight is 447 g/mol. The molecule has 1 aliphatic heterocycles. The highest BCUT2D eigenvalue weighted by Crippen LogP contribution is 2.38. The topological polar surface area (TPSA) is 94.2 Å². The van der Waals surface area contributed by atoms with E-state index >= 15 is 0 Å². The quantitative estimate of drug-likeness (QED) is 0.625. The number of hydrogen-bond acceptors (Lipinski definition) is 6. The molecule has 8 nitrogen and oxygen atoms in total. The number of nitrogens with zero attached hydrogens (tertiary/aromatic N) is 4. The second-order valence-corrected chi connectivity index (χ2v) is 9.01. The van der Waals surface area contributed by atoms with Gasteiger partial charge in [-0.05, 0) is 56.0 Å². The maximum atomic E-state index is 12.2. The summed E-state index contributed by atoms with van der Waals surface area (Å²) in [7, 11) is 1.62. The maximum absolute atomic E-state index is 12.2. The smallest absolute Gasteiger partial charge is 0.269 e. The van der Waals surface area contributed by atoms with Gasteiger partial charge in [-0.15, -0.1) is 0 Å². The maximum Gasteiger partial charge on any atom is 0.269 e. The Bertz CT molecular complexity index is 1270. The molecule has 0 bridgehead atoms. The number of aromatic amines is 1. The number of fused-ring (bicyclic) bond motifs is 2. The van der Waals surface area contributed by atoms with E-state index in [1.165, 1.54) is 6.42 Å². The Morgan fingerprint density at radius 1 is 1.21 bits per heavy atom. The minimum absolute atomic E-state index is 0.0250. The molecule has 1 aliphatic carbocycles. The fraction of sp³-hybridized carbons (Fsp3) is 0.440. The number of carbonyl (C=O) groups excluding carboxylic acids is 1. The monoisotopic (exact) mass is 446 g/mol. The van der Waals surface area contributed by atoms with Gasteiger partial charge in [0, 0.05) is 50.5 Å². The molecule has 0 aromatic carbocycles. The van der Waals surface area contributed by atoms with E-state index in [9.17, 15) is 9.59 Å². The summed E-state index contributed by atoms with van der Waals surface area (Å²) in [6.45, 7) is 6.64. The van der Waals surface area contributed by atoms with Crippen LogP contribution in [-0.2, 0) is 13.0 Å². The van der Waals surface area contributed by atoms with Gasteiger partial charge in [0.05, 0.1) is 22.4 Å². The average Bonchev–Trinajstić information content (AvgIpc) is 2.79. The Morgan fingerprint density at radius 2 is 2.03 bits per heavy atom. The number of H-pyrrole nitrogens is 1. The zero-order valence-electron chi connectivity index (χ0n) is 19.4. The van der Waals surface area contributed by atoms with Crippen LogP contribution in [0.15, 0.2) is 35.3 Å². The lowest BCUT2D eigenvalue weighted by molar-refractivity contribution is 0.0658. The Morgan fingerprint density at radius 3 is 2.73 bits per heavy atom. The molecule has 1 saturated heterocycles. The molecule has 33 heavy (non-hydrogen) atoms. The zero-order valence-corrected chi connectivity index (χ0v) is 19.4. The van der Waals surface area contributed by atoms with Crippen molar-refractivity contribution in [2.75, 3.05) is 25.0 Å². The molecule has 3 aromatic rings. The molecule has 2 unspecified atom stereocenters. The predicted molar refractivity (Wildman–Crippen MR) is 129 cm³/mol. The molecule has 2 atom stereocenters.